The predicted octanol–water partition coefficient (Wildman–Crippen LogP) is 2.13. The fraction of sp³-hybridized carbons (Fsp3) is 0.733. The molecular weight excluding hydrogens is 286 g/mol. The van der Waals surface area contributed by atoms with Crippen LogP contribution in [0.3, 0.4) is 0 Å². The molecule has 0 saturated carbocycles. The number of aromatic nitrogens is 2. The lowest BCUT2D eigenvalue weighted by atomic mass is 10.1. The Hall–Kier alpha value is -1.01. The van der Waals surface area contributed by atoms with E-state index in [-0.39, 0.29) is 0 Å². The van der Waals surface area contributed by atoms with Gasteiger partial charge in [-0.1, -0.05) is 13.8 Å². The molecule has 0 radical (unpaired) electrons. The van der Waals surface area contributed by atoms with Crippen LogP contribution in [0.25, 0.3) is 0 Å². The van der Waals surface area contributed by atoms with Gasteiger partial charge in [-0.15, -0.1) is 0 Å². The third kappa shape index (κ3) is 5.36. The lowest BCUT2D eigenvalue weighted by Crippen LogP contribution is -2.24. The van der Waals surface area contributed by atoms with Crippen molar-refractivity contribution in [2.45, 2.75) is 58.8 Å². The van der Waals surface area contributed by atoms with Crippen LogP contribution in [0.1, 0.15) is 55.2 Å². The van der Waals surface area contributed by atoms with Crippen molar-refractivity contribution in [1.82, 2.24) is 15.3 Å². The van der Waals surface area contributed by atoms with Crippen LogP contribution in [-0.2, 0) is 16.3 Å². The monoisotopic (exact) mass is 313 g/mol. The summed E-state index contributed by atoms with van der Waals surface area (Å²) in [4.78, 5) is 8.81. The zero-order valence-electron chi connectivity index (χ0n) is 13.9. The Morgan fingerprint density at radius 3 is 2.05 bits per heavy atom. The molecular formula is C15H27N3O2S. The number of nitrogens with one attached hydrogen (secondary N) is 1. The van der Waals surface area contributed by atoms with Gasteiger partial charge in [-0.05, 0) is 45.7 Å². The van der Waals surface area contributed by atoms with Crippen molar-refractivity contribution in [1.29, 1.82) is 0 Å². The molecule has 1 rings (SSSR count). The van der Waals surface area contributed by atoms with Crippen molar-refractivity contribution in [2.24, 2.45) is 0 Å². The van der Waals surface area contributed by atoms with Crippen molar-refractivity contribution in [2.75, 3.05) is 12.8 Å². The second-order valence-electron chi connectivity index (χ2n) is 5.92. The minimum Gasteiger partial charge on any atom is -0.315 e. The number of sulfone groups is 1. The van der Waals surface area contributed by atoms with Crippen molar-refractivity contribution in [3.8, 4) is 0 Å². The molecule has 0 aromatic carbocycles. The summed E-state index contributed by atoms with van der Waals surface area (Å²) in [5.41, 5.74) is 2.90. The Balaban J connectivity index is 2.86. The average molecular weight is 313 g/mol. The van der Waals surface area contributed by atoms with Crippen LogP contribution in [0.2, 0.25) is 0 Å². The topological polar surface area (TPSA) is 72.0 Å². The first kappa shape index (κ1) is 18.0. The van der Waals surface area contributed by atoms with E-state index in [1.807, 2.05) is 13.8 Å². The third-order valence-electron chi connectivity index (χ3n) is 3.60. The highest BCUT2D eigenvalue weighted by molar-refractivity contribution is 7.90. The highest BCUT2D eigenvalue weighted by Crippen LogP contribution is 2.20. The lowest BCUT2D eigenvalue weighted by Gasteiger charge is -2.14. The summed E-state index contributed by atoms with van der Waals surface area (Å²) in [6.07, 6.45) is 3.15. The second-order valence-corrected chi connectivity index (χ2v) is 8.28. The van der Waals surface area contributed by atoms with Crippen molar-refractivity contribution < 1.29 is 8.42 Å². The quantitative estimate of drug-likeness (QED) is 0.781. The Morgan fingerprint density at radius 1 is 1.10 bits per heavy atom. The molecule has 0 spiro atoms. The van der Waals surface area contributed by atoms with Crippen LogP contribution >= 0.6 is 0 Å². The van der Waals surface area contributed by atoms with Gasteiger partial charge >= 0.3 is 0 Å². The summed E-state index contributed by atoms with van der Waals surface area (Å²) >= 11 is 0. The van der Waals surface area contributed by atoms with E-state index in [0.717, 1.165) is 36.3 Å². The van der Waals surface area contributed by atoms with E-state index < -0.39 is 15.1 Å². The summed E-state index contributed by atoms with van der Waals surface area (Å²) in [6.45, 7) is 10.7. The van der Waals surface area contributed by atoms with Crippen LogP contribution in [0, 0.1) is 13.8 Å². The molecule has 0 amide bonds. The first-order chi connectivity index (χ1) is 9.62. The number of hydrogen-bond acceptors (Lipinski definition) is 5. The summed E-state index contributed by atoms with van der Waals surface area (Å²) in [5, 5.41) is 2.72. The van der Waals surface area contributed by atoms with E-state index >= 15 is 0 Å². The minimum atomic E-state index is -3.17. The van der Waals surface area contributed by atoms with E-state index in [9.17, 15) is 8.42 Å². The number of hydrogen-bond donors (Lipinski definition) is 1. The van der Waals surface area contributed by atoms with E-state index in [2.05, 4.69) is 29.1 Å². The summed E-state index contributed by atoms with van der Waals surface area (Å²) in [6, 6.07) is 0.487. The molecule has 21 heavy (non-hydrogen) atoms. The fourth-order valence-electron chi connectivity index (χ4n) is 2.16. The van der Waals surface area contributed by atoms with Crippen molar-refractivity contribution in [3.05, 3.63) is 22.8 Å². The van der Waals surface area contributed by atoms with Gasteiger partial charge in [0.15, 0.2) is 9.84 Å². The van der Waals surface area contributed by atoms with Crippen LogP contribution in [-0.4, -0.2) is 37.2 Å². The molecule has 1 atom stereocenters. The van der Waals surface area contributed by atoms with E-state index in [0.29, 0.717) is 11.9 Å². The first-order valence-corrected chi connectivity index (χ1v) is 9.34. The normalized spacial score (nSPS) is 13.7. The van der Waals surface area contributed by atoms with E-state index in [1.165, 1.54) is 6.26 Å². The molecule has 1 N–H and O–H groups in total. The molecule has 0 fully saturated rings. The zero-order valence-corrected chi connectivity index (χ0v) is 14.7. The first-order valence-electron chi connectivity index (χ1n) is 7.39. The van der Waals surface area contributed by atoms with Gasteiger partial charge in [0.25, 0.3) is 0 Å². The van der Waals surface area contributed by atoms with Crippen molar-refractivity contribution in [3.63, 3.8) is 0 Å². The maximum absolute atomic E-state index is 11.6. The molecule has 1 aromatic heterocycles. The standard InChI is InChI=1S/C15H27N3O2S/c1-10(2)16-9-7-8-14-11(3)17-15(18-12(14)4)13(5)21(6,19)20/h10,13,16H,7-9H2,1-6H3. The Bertz CT molecular complexity index is 560. The zero-order chi connectivity index (χ0) is 16.2. The number of nitrogens with zero attached hydrogens (tertiary/aromatic N) is 2. The predicted molar refractivity (Wildman–Crippen MR) is 86.2 cm³/mol. The summed E-state index contributed by atoms with van der Waals surface area (Å²) in [5.74, 6) is 0.400. The third-order valence-corrected chi connectivity index (χ3v) is 5.10. The Kier molecular flexibility index (Phi) is 6.28. The molecule has 0 aliphatic heterocycles. The number of rotatable bonds is 7. The molecule has 5 nitrogen and oxygen atoms in total. The summed E-state index contributed by atoms with van der Waals surface area (Å²) in [7, 11) is -3.17. The smallest absolute Gasteiger partial charge is 0.157 e. The van der Waals surface area contributed by atoms with Crippen LogP contribution in [0.15, 0.2) is 0 Å². The SMILES string of the molecule is Cc1nc(C(C)S(C)(=O)=O)nc(C)c1CCCNC(C)C. The lowest BCUT2D eigenvalue weighted by molar-refractivity contribution is 0.568. The van der Waals surface area contributed by atoms with Gasteiger partial charge in [0.2, 0.25) is 0 Å². The molecule has 1 unspecified atom stereocenters. The second kappa shape index (κ2) is 7.31. The van der Waals surface area contributed by atoms with Crippen LogP contribution in [0.5, 0.6) is 0 Å². The Labute approximate surface area is 128 Å². The fourth-order valence-corrected chi connectivity index (χ4v) is 2.64. The molecule has 0 saturated heterocycles. The van der Waals surface area contributed by atoms with Gasteiger partial charge in [0.1, 0.15) is 11.1 Å². The van der Waals surface area contributed by atoms with Gasteiger partial charge in [-0.2, -0.15) is 0 Å². The van der Waals surface area contributed by atoms with Crippen LogP contribution in [0.4, 0.5) is 0 Å². The van der Waals surface area contributed by atoms with E-state index in [4.69, 9.17) is 0 Å². The molecule has 1 aromatic rings. The summed E-state index contributed by atoms with van der Waals surface area (Å²) < 4.78 is 23.3. The van der Waals surface area contributed by atoms with Gasteiger partial charge in [0.05, 0.1) is 0 Å². The molecule has 120 valence electrons. The van der Waals surface area contributed by atoms with Gasteiger partial charge in [-0.3, -0.25) is 0 Å². The highest BCUT2D eigenvalue weighted by atomic mass is 32.2. The molecule has 1 heterocycles. The molecule has 0 aliphatic carbocycles. The minimum absolute atomic E-state index is 0.400. The molecule has 0 bridgehead atoms. The maximum atomic E-state index is 11.6. The van der Waals surface area contributed by atoms with Gasteiger partial charge in [0, 0.05) is 23.7 Å². The van der Waals surface area contributed by atoms with E-state index in [1.54, 1.807) is 6.92 Å². The van der Waals surface area contributed by atoms with Crippen molar-refractivity contribution >= 4 is 9.84 Å². The average Bonchev–Trinajstić information content (AvgIpc) is 2.34. The molecule has 0 aliphatic rings. The van der Waals surface area contributed by atoms with Gasteiger partial charge < -0.3 is 5.32 Å². The Morgan fingerprint density at radius 2 is 1.62 bits per heavy atom. The van der Waals surface area contributed by atoms with Gasteiger partial charge in [-0.25, -0.2) is 18.4 Å². The number of aryl methyl sites for hydroxylation is 2. The highest BCUT2D eigenvalue weighted by Gasteiger charge is 2.21. The largest absolute Gasteiger partial charge is 0.315 e. The maximum Gasteiger partial charge on any atom is 0.157 e. The molecule has 6 heteroatoms. The van der Waals surface area contributed by atoms with Crippen LogP contribution < -0.4 is 5.32 Å².